The van der Waals surface area contributed by atoms with Gasteiger partial charge in [-0.05, 0) is 44.2 Å². The highest BCUT2D eigenvalue weighted by molar-refractivity contribution is 5.94. The van der Waals surface area contributed by atoms with E-state index in [1.807, 2.05) is 35.9 Å². The van der Waals surface area contributed by atoms with Crippen molar-refractivity contribution in [1.82, 2.24) is 15.1 Å². The summed E-state index contributed by atoms with van der Waals surface area (Å²) in [5, 5.41) is 8.61. The minimum atomic E-state index is -0.117. The summed E-state index contributed by atoms with van der Waals surface area (Å²) in [5.74, 6) is 0.648. The molecule has 0 saturated carbocycles. The zero-order chi connectivity index (χ0) is 16.9. The molecule has 1 aromatic heterocycles. The van der Waals surface area contributed by atoms with Crippen LogP contribution in [0.15, 0.2) is 48.5 Å². The molecule has 3 rings (SSSR count). The molecule has 0 aliphatic heterocycles. The maximum absolute atomic E-state index is 12.3. The van der Waals surface area contributed by atoms with E-state index in [1.165, 1.54) is 0 Å². The van der Waals surface area contributed by atoms with Crippen molar-refractivity contribution >= 4 is 16.8 Å². The van der Waals surface area contributed by atoms with Gasteiger partial charge in [-0.25, -0.2) is 0 Å². The number of amides is 1. The Balaban J connectivity index is 1.72. The van der Waals surface area contributed by atoms with E-state index in [1.54, 1.807) is 24.3 Å². The Labute approximate surface area is 141 Å². The van der Waals surface area contributed by atoms with Crippen molar-refractivity contribution in [2.75, 3.05) is 6.61 Å². The zero-order valence-electron chi connectivity index (χ0n) is 14.0. The Morgan fingerprint density at radius 2 is 1.88 bits per heavy atom. The monoisotopic (exact) mass is 323 g/mol. The molecule has 0 saturated heterocycles. The molecule has 124 valence electrons. The number of nitrogens with one attached hydrogen (secondary N) is 1. The Morgan fingerprint density at radius 3 is 2.58 bits per heavy atom. The second-order valence-corrected chi connectivity index (χ2v) is 5.42. The van der Waals surface area contributed by atoms with Crippen LogP contribution in [0.3, 0.4) is 0 Å². The van der Waals surface area contributed by atoms with Gasteiger partial charge in [-0.3, -0.25) is 9.48 Å². The van der Waals surface area contributed by atoms with E-state index < -0.39 is 0 Å². The molecule has 24 heavy (non-hydrogen) atoms. The van der Waals surface area contributed by atoms with Crippen molar-refractivity contribution in [3.63, 3.8) is 0 Å². The first-order chi connectivity index (χ1) is 11.7. The number of nitrogens with zero attached hydrogens (tertiary/aromatic N) is 2. The van der Waals surface area contributed by atoms with Crippen LogP contribution in [0.4, 0.5) is 0 Å². The smallest absolute Gasteiger partial charge is 0.251 e. The van der Waals surface area contributed by atoms with E-state index in [9.17, 15) is 4.79 Å². The minimum absolute atomic E-state index is 0.117. The Bertz CT molecular complexity index is 837. The minimum Gasteiger partial charge on any atom is -0.494 e. The fourth-order valence-corrected chi connectivity index (χ4v) is 2.70. The maximum Gasteiger partial charge on any atom is 0.251 e. The second-order valence-electron chi connectivity index (χ2n) is 5.42. The summed E-state index contributed by atoms with van der Waals surface area (Å²) in [6.45, 7) is 5.80. The largest absolute Gasteiger partial charge is 0.494 e. The van der Waals surface area contributed by atoms with Gasteiger partial charge in [0.1, 0.15) is 5.75 Å². The lowest BCUT2D eigenvalue weighted by Crippen LogP contribution is -2.23. The topological polar surface area (TPSA) is 56.1 Å². The molecular weight excluding hydrogens is 302 g/mol. The van der Waals surface area contributed by atoms with Crippen LogP contribution in [0.1, 0.15) is 29.9 Å². The van der Waals surface area contributed by atoms with Gasteiger partial charge in [0, 0.05) is 17.5 Å². The summed E-state index contributed by atoms with van der Waals surface area (Å²) >= 11 is 0. The van der Waals surface area contributed by atoms with Crippen LogP contribution in [0.5, 0.6) is 5.75 Å². The van der Waals surface area contributed by atoms with Gasteiger partial charge in [0.2, 0.25) is 0 Å². The summed E-state index contributed by atoms with van der Waals surface area (Å²) in [6, 6.07) is 15.2. The van der Waals surface area contributed by atoms with Crippen LogP contribution < -0.4 is 10.1 Å². The highest BCUT2D eigenvalue weighted by Crippen LogP contribution is 2.18. The number of hydrogen-bond donors (Lipinski definition) is 1. The number of aromatic nitrogens is 2. The quantitative estimate of drug-likeness (QED) is 0.756. The number of aryl methyl sites for hydroxylation is 1. The van der Waals surface area contributed by atoms with Crippen LogP contribution in [-0.2, 0) is 13.1 Å². The molecule has 0 unspecified atom stereocenters. The van der Waals surface area contributed by atoms with E-state index in [2.05, 4.69) is 17.3 Å². The lowest BCUT2D eigenvalue weighted by Gasteiger charge is -2.06. The first-order valence-corrected chi connectivity index (χ1v) is 8.18. The Kier molecular flexibility index (Phi) is 4.79. The summed E-state index contributed by atoms with van der Waals surface area (Å²) in [4.78, 5) is 12.3. The third kappa shape index (κ3) is 3.25. The van der Waals surface area contributed by atoms with Crippen LogP contribution in [-0.4, -0.2) is 22.3 Å². The summed E-state index contributed by atoms with van der Waals surface area (Å²) < 4.78 is 7.34. The van der Waals surface area contributed by atoms with Gasteiger partial charge in [-0.2, -0.15) is 5.10 Å². The highest BCUT2D eigenvalue weighted by Gasteiger charge is 2.11. The van der Waals surface area contributed by atoms with Crippen LogP contribution >= 0.6 is 0 Å². The normalized spacial score (nSPS) is 10.8. The number of para-hydroxylation sites is 1. The predicted octanol–water partition coefficient (Wildman–Crippen LogP) is 3.38. The van der Waals surface area contributed by atoms with Crippen molar-refractivity contribution in [2.24, 2.45) is 0 Å². The zero-order valence-corrected chi connectivity index (χ0v) is 14.0. The number of carbonyl (C=O) groups is 1. The summed E-state index contributed by atoms with van der Waals surface area (Å²) in [7, 11) is 0. The molecule has 0 atom stereocenters. The molecular formula is C19H21N3O2. The van der Waals surface area contributed by atoms with E-state index in [4.69, 9.17) is 4.74 Å². The van der Waals surface area contributed by atoms with Crippen LogP contribution in [0.25, 0.3) is 10.9 Å². The number of ether oxygens (including phenoxy) is 1. The van der Waals surface area contributed by atoms with Crippen LogP contribution in [0.2, 0.25) is 0 Å². The summed E-state index contributed by atoms with van der Waals surface area (Å²) in [5.41, 5.74) is 2.58. The molecule has 0 radical (unpaired) electrons. The molecule has 0 bridgehead atoms. The van der Waals surface area contributed by atoms with E-state index >= 15 is 0 Å². The number of benzene rings is 2. The van der Waals surface area contributed by atoms with Crippen LogP contribution in [0, 0.1) is 0 Å². The molecule has 1 heterocycles. The first-order valence-electron chi connectivity index (χ1n) is 8.18. The molecule has 0 fully saturated rings. The van der Waals surface area contributed by atoms with Gasteiger partial charge in [0.05, 0.1) is 24.4 Å². The summed E-state index contributed by atoms with van der Waals surface area (Å²) in [6.07, 6.45) is 0. The molecule has 0 spiro atoms. The molecule has 5 nitrogen and oxygen atoms in total. The van der Waals surface area contributed by atoms with E-state index in [0.717, 1.165) is 28.9 Å². The lowest BCUT2D eigenvalue weighted by atomic mass is 10.2. The van der Waals surface area contributed by atoms with Gasteiger partial charge in [-0.1, -0.05) is 18.2 Å². The standard InChI is InChI=1S/C19H21N3O2/c1-3-22-18-8-6-5-7-16(18)17(21-22)13-20-19(23)14-9-11-15(12-10-14)24-4-2/h5-12H,3-4,13H2,1-2H3,(H,20,23). The number of hydrogen-bond acceptors (Lipinski definition) is 3. The average molecular weight is 323 g/mol. The van der Waals surface area contributed by atoms with Crippen molar-refractivity contribution in [3.05, 3.63) is 59.8 Å². The molecule has 1 amide bonds. The van der Waals surface area contributed by atoms with E-state index in [-0.39, 0.29) is 5.91 Å². The molecule has 0 aliphatic carbocycles. The fraction of sp³-hybridized carbons (Fsp3) is 0.263. The average Bonchev–Trinajstić information content (AvgIpc) is 2.99. The van der Waals surface area contributed by atoms with Crippen molar-refractivity contribution in [1.29, 1.82) is 0 Å². The van der Waals surface area contributed by atoms with Crippen molar-refractivity contribution in [3.8, 4) is 5.75 Å². The Morgan fingerprint density at radius 1 is 1.12 bits per heavy atom. The molecule has 2 aromatic carbocycles. The van der Waals surface area contributed by atoms with Gasteiger partial charge in [0.15, 0.2) is 0 Å². The number of fused-ring (bicyclic) bond motifs is 1. The number of carbonyl (C=O) groups excluding carboxylic acids is 1. The Hall–Kier alpha value is -2.82. The van der Waals surface area contributed by atoms with Gasteiger partial charge >= 0.3 is 0 Å². The van der Waals surface area contributed by atoms with E-state index in [0.29, 0.717) is 18.7 Å². The SMILES string of the molecule is CCOc1ccc(C(=O)NCc2nn(CC)c3ccccc23)cc1. The van der Waals surface area contributed by atoms with Gasteiger partial charge < -0.3 is 10.1 Å². The fourth-order valence-electron chi connectivity index (χ4n) is 2.70. The van der Waals surface area contributed by atoms with Crippen molar-refractivity contribution < 1.29 is 9.53 Å². The second kappa shape index (κ2) is 7.17. The molecule has 3 aromatic rings. The molecule has 0 aliphatic rings. The van der Waals surface area contributed by atoms with Crippen molar-refractivity contribution in [2.45, 2.75) is 26.9 Å². The molecule has 1 N–H and O–H groups in total. The van der Waals surface area contributed by atoms with Gasteiger partial charge in [-0.15, -0.1) is 0 Å². The maximum atomic E-state index is 12.3. The lowest BCUT2D eigenvalue weighted by molar-refractivity contribution is 0.0950. The van der Waals surface area contributed by atoms with Gasteiger partial charge in [0.25, 0.3) is 5.91 Å². The predicted molar refractivity (Wildman–Crippen MR) is 94.2 cm³/mol. The third-order valence-electron chi connectivity index (χ3n) is 3.88. The highest BCUT2D eigenvalue weighted by atomic mass is 16.5. The third-order valence-corrected chi connectivity index (χ3v) is 3.88. The molecule has 5 heteroatoms. The first kappa shape index (κ1) is 16.1. The number of rotatable bonds is 6.